The molecule has 0 unspecified atom stereocenters. The van der Waals surface area contributed by atoms with Gasteiger partial charge in [0.05, 0.1) is 17.8 Å². The largest absolute Gasteiger partial charge is 0.333 e. The highest BCUT2D eigenvalue weighted by Crippen LogP contribution is 2.22. The number of amides is 2. The Morgan fingerprint density at radius 2 is 2.06 bits per heavy atom. The van der Waals surface area contributed by atoms with Crippen LogP contribution in [-0.4, -0.2) is 18.9 Å². The summed E-state index contributed by atoms with van der Waals surface area (Å²) in [6.07, 6.45) is 0. The molecule has 0 fully saturated rings. The zero-order valence-electron chi connectivity index (χ0n) is 8.21. The second-order valence-electron chi connectivity index (χ2n) is 2.71. The molecular weight excluding hydrogens is 239 g/mol. The second-order valence-corrected chi connectivity index (χ2v) is 3.12. The predicted molar refractivity (Wildman–Crippen MR) is 55.2 cm³/mol. The van der Waals surface area contributed by atoms with Crippen molar-refractivity contribution in [3.8, 4) is 0 Å². The van der Waals surface area contributed by atoms with E-state index in [-0.39, 0.29) is 10.7 Å². The van der Waals surface area contributed by atoms with Gasteiger partial charge < -0.3 is 5.32 Å². The number of hydrogen-bond acceptors (Lipinski definition) is 3. The summed E-state index contributed by atoms with van der Waals surface area (Å²) >= 11 is 5.68. The molecule has 0 bridgehead atoms. The minimum atomic E-state index is -1.01. The topological polar surface area (TPSA) is 67.4 Å². The fourth-order valence-corrected chi connectivity index (χ4v) is 1.08. The number of hydrogen-bond donors (Lipinski definition) is 2. The molecule has 0 aliphatic heterocycles. The average Bonchev–Trinajstić information content (AvgIpc) is 2.23. The zero-order chi connectivity index (χ0) is 12.1. The van der Waals surface area contributed by atoms with Crippen LogP contribution in [-0.2, 0) is 14.4 Å². The summed E-state index contributed by atoms with van der Waals surface area (Å²) in [7, 11) is 1.18. The smallest absolute Gasteiger partial charge is 0.316 e. The number of nitrogens with one attached hydrogen (secondary N) is 2. The van der Waals surface area contributed by atoms with E-state index in [0.717, 1.165) is 12.1 Å². The van der Waals surface area contributed by atoms with Crippen molar-refractivity contribution in [2.45, 2.75) is 0 Å². The van der Waals surface area contributed by atoms with Gasteiger partial charge in [0, 0.05) is 0 Å². The van der Waals surface area contributed by atoms with E-state index in [9.17, 15) is 14.0 Å². The van der Waals surface area contributed by atoms with Crippen LogP contribution in [0.2, 0.25) is 5.02 Å². The number of anilines is 1. The molecule has 2 amide bonds. The molecule has 1 aromatic rings. The van der Waals surface area contributed by atoms with Gasteiger partial charge >= 0.3 is 11.8 Å². The average molecular weight is 247 g/mol. The molecule has 0 spiro atoms. The van der Waals surface area contributed by atoms with Crippen molar-refractivity contribution in [1.82, 2.24) is 5.48 Å². The van der Waals surface area contributed by atoms with Crippen LogP contribution in [0, 0.1) is 5.82 Å². The predicted octanol–water partition coefficient (Wildman–Crippen LogP) is 1.10. The first-order valence-corrected chi connectivity index (χ1v) is 4.51. The molecule has 5 nitrogen and oxygen atoms in total. The molecule has 2 N–H and O–H groups in total. The highest BCUT2D eigenvalue weighted by molar-refractivity contribution is 6.41. The third-order valence-corrected chi connectivity index (χ3v) is 1.91. The van der Waals surface area contributed by atoms with Crippen LogP contribution in [0.5, 0.6) is 0 Å². The fourth-order valence-electron chi connectivity index (χ4n) is 0.911. The number of carbonyl (C=O) groups is 2. The van der Waals surface area contributed by atoms with Crippen molar-refractivity contribution in [1.29, 1.82) is 0 Å². The molecule has 0 heterocycles. The molecule has 0 saturated carbocycles. The van der Waals surface area contributed by atoms with Crippen molar-refractivity contribution in [2.75, 3.05) is 12.4 Å². The van der Waals surface area contributed by atoms with Gasteiger partial charge in [0.2, 0.25) is 0 Å². The quantitative estimate of drug-likeness (QED) is 0.606. The van der Waals surface area contributed by atoms with Crippen LogP contribution < -0.4 is 10.8 Å². The summed E-state index contributed by atoms with van der Waals surface area (Å²) in [5, 5.41) is 2.26. The van der Waals surface area contributed by atoms with Gasteiger partial charge in [-0.2, -0.15) is 0 Å². The third-order valence-electron chi connectivity index (χ3n) is 1.58. The van der Waals surface area contributed by atoms with E-state index in [1.165, 1.54) is 13.2 Å². The summed E-state index contributed by atoms with van der Waals surface area (Å²) < 4.78 is 12.8. The van der Waals surface area contributed by atoms with Gasteiger partial charge in [-0.25, -0.2) is 9.87 Å². The monoisotopic (exact) mass is 246 g/mol. The lowest BCUT2D eigenvalue weighted by Crippen LogP contribution is -2.34. The lowest BCUT2D eigenvalue weighted by Gasteiger charge is -2.06. The Morgan fingerprint density at radius 1 is 1.38 bits per heavy atom. The van der Waals surface area contributed by atoms with E-state index in [4.69, 9.17) is 11.6 Å². The van der Waals surface area contributed by atoms with Crippen LogP contribution >= 0.6 is 11.6 Å². The van der Waals surface area contributed by atoms with Gasteiger partial charge in [-0.3, -0.25) is 14.4 Å². The maximum atomic E-state index is 12.8. The van der Waals surface area contributed by atoms with Gasteiger partial charge in [-0.15, -0.1) is 0 Å². The van der Waals surface area contributed by atoms with Gasteiger partial charge in [0.15, 0.2) is 0 Å². The molecule has 1 rings (SSSR count). The van der Waals surface area contributed by atoms with E-state index in [1.54, 1.807) is 0 Å². The number of carbonyl (C=O) groups excluding carboxylic acids is 2. The Labute approximate surface area is 95.5 Å². The highest BCUT2D eigenvalue weighted by Gasteiger charge is 2.14. The summed E-state index contributed by atoms with van der Waals surface area (Å²) in [4.78, 5) is 26.4. The standard InChI is InChI=1S/C9H8ClFN2O3/c1-16-13-9(15)8(14)12-7-4-5(11)2-3-6(7)10/h2-4H,1H3,(H,12,14)(H,13,15). The van der Waals surface area contributed by atoms with Crippen molar-refractivity contribution in [3.63, 3.8) is 0 Å². The maximum Gasteiger partial charge on any atom is 0.333 e. The third kappa shape index (κ3) is 3.18. The van der Waals surface area contributed by atoms with Crippen molar-refractivity contribution in [2.24, 2.45) is 0 Å². The number of rotatable bonds is 2. The van der Waals surface area contributed by atoms with E-state index < -0.39 is 17.6 Å². The van der Waals surface area contributed by atoms with E-state index in [1.807, 2.05) is 5.48 Å². The SMILES string of the molecule is CONC(=O)C(=O)Nc1cc(F)ccc1Cl. The first kappa shape index (κ1) is 12.4. The van der Waals surface area contributed by atoms with E-state index in [2.05, 4.69) is 10.2 Å². The first-order chi connectivity index (χ1) is 7.54. The van der Waals surface area contributed by atoms with E-state index >= 15 is 0 Å². The zero-order valence-corrected chi connectivity index (χ0v) is 8.97. The number of hydroxylamine groups is 1. The van der Waals surface area contributed by atoms with Gasteiger partial charge in [-0.1, -0.05) is 11.6 Å². The van der Waals surface area contributed by atoms with Crippen molar-refractivity contribution in [3.05, 3.63) is 29.0 Å². The maximum absolute atomic E-state index is 12.8. The first-order valence-electron chi connectivity index (χ1n) is 4.14. The summed E-state index contributed by atoms with van der Waals surface area (Å²) in [5.74, 6) is -2.59. The normalized spacial score (nSPS) is 9.69. The molecule has 0 aromatic heterocycles. The minimum absolute atomic E-state index is 0.0120. The molecule has 1 aromatic carbocycles. The Bertz CT molecular complexity index is 425. The molecule has 86 valence electrons. The molecule has 16 heavy (non-hydrogen) atoms. The van der Waals surface area contributed by atoms with Crippen LogP contribution in [0.15, 0.2) is 18.2 Å². The molecule has 7 heteroatoms. The van der Waals surface area contributed by atoms with Crippen LogP contribution in [0.4, 0.5) is 10.1 Å². The van der Waals surface area contributed by atoms with Crippen molar-refractivity contribution >= 4 is 29.1 Å². The Hall–Kier alpha value is -1.66. The molecule has 0 aliphatic carbocycles. The Morgan fingerprint density at radius 3 is 2.69 bits per heavy atom. The van der Waals surface area contributed by atoms with Gasteiger partial charge in [0.1, 0.15) is 5.82 Å². The lowest BCUT2D eigenvalue weighted by atomic mass is 10.3. The van der Waals surface area contributed by atoms with Crippen LogP contribution in [0.1, 0.15) is 0 Å². The Kier molecular flexibility index (Phi) is 4.21. The minimum Gasteiger partial charge on any atom is -0.316 e. The molecule has 0 aliphatic rings. The number of benzene rings is 1. The van der Waals surface area contributed by atoms with Crippen LogP contribution in [0.25, 0.3) is 0 Å². The summed E-state index contributed by atoms with van der Waals surface area (Å²) in [6.45, 7) is 0. The van der Waals surface area contributed by atoms with Crippen molar-refractivity contribution < 1.29 is 18.8 Å². The van der Waals surface area contributed by atoms with Gasteiger partial charge in [-0.05, 0) is 18.2 Å². The molecule has 0 saturated heterocycles. The second kappa shape index (κ2) is 5.43. The summed E-state index contributed by atoms with van der Waals surface area (Å²) in [5.41, 5.74) is 1.82. The van der Waals surface area contributed by atoms with Gasteiger partial charge in [0.25, 0.3) is 0 Å². The molecule has 0 radical (unpaired) electrons. The Balaban J connectivity index is 2.76. The fraction of sp³-hybridized carbons (Fsp3) is 0.111. The molecular formula is C9H8ClFN2O3. The lowest BCUT2D eigenvalue weighted by molar-refractivity contribution is -0.142. The van der Waals surface area contributed by atoms with E-state index in [0.29, 0.717) is 0 Å². The molecule has 0 atom stereocenters. The highest BCUT2D eigenvalue weighted by atomic mass is 35.5. The summed E-state index contributed by atoms with van der Waals surface area (Å²) in [6, 6.07) is 3.40. The van der Waals surface area contributed by atoms with Crippen LogP contribution in [0.3, 0.4) is 0 Å². The number of halogens is 2.